The van der Waals surface area contributed by atoms with Crippen molar-refractivity contribution in [3.8, 4) is 0 Å². The van der Waals surface area contributed by atoms with E-state index in [1.165, 1.54) is 25.1 Å². The molecule has 118 valence electrons. The highest BCUT2D eigenvalue weighted by Crippen LogP contribution is 2.20. The summed E-state index contributed by atoms with van der Waals surface area (Å²) in [6, 6.07) is 3.67. The van der Waals surface area contributed by atoms with Gasteiger partial charge >= 0.3 is 5.97 Å². The first-order chi connectivity index (χ1) is 9.55. The monoisotopic (exact) mass is 336 g/mol. The van der Waals surface area contributed by atoms with E-state index in [9.17, 15) is 21.6 Å². The molecule has 0 heterocycles. The van der Waals surface area contributed by atoms with E-state index < -0.39 is 31.8 Å². The van der Waals surface area contributed by atoms with Gasteiger partial charge in [-0.15, -0.1) is 0 Å². The minimum atomic E-state index is -3.93. The molecule has 0 aliphatic carbocycles. The molecular weight excluding hydrogens is 320 g/mol. The predicted molar refractivity (Wildman–Crippen MR) is 76.6 cm³/mol. The number of aryl methyl sites for hydroxylation is 1. The third-order valence-corrected chi connectivity index (χ3v) is 4.46. The summed E-state index contributed by atoms with van der Waals surface area (Å²) >= 11 is 0. The summed E-state index contributed by atoms with van der Waals surface area (Å²) in [5.41, 5.74) is 0.514. The molecule has 0 aliphatic rings. The Hall–Kier alpha value is -1.65. The fourth-order valence-corrected chi connectivity index (χ4v) is 3.12. The molecule has 21 heavy (non-hydrogen) atoms. The van der Waals surface area contributed by atoms with E-state index in [2.05, 4.69) is 9.46 Å². The van der Waals surface area contributed by atoms with Gasteiger partial charge in [-0.05, 0) is 37.6 Å². The van der Waals surface area contributed by atoms with Gasteiger partial charge in [0.1, 0.15) is 0 Å². The Balaban J connectivity index is 2.96. The molecule has 0 saturated carbocycles. The molecule has 0 amide bonds. The van der Waals surface area contributed by atoms with E-state index in [0.29, 0.717) is 5.56 Å². The topological polar surface area (TPSA) is 133 Å². The number of carbonyl (C=O) groups excluding carboxylic acids is 1. The summed E-state index contributed by atoms with van der Waals surface area (Å²) in [6.07, 6.45) is 0. The third kappa shape index (κ3) is 5.33. The smallest absolute Gasteiger partial charge is 0.323 e. The second kappa shape index (κ2) is 6.41. The summed E-state index contributed by atoms with van der Waals surface area (Å²) in [6.45, 7) is 3.15. The van der Waals surface area contributed by atoms with Crippen LogP contribution in [-0.4, -0.2) is 35.2 Å². The van der Waals surface area contributed by atoms with Crippen molar-refractivity contribution < 1.29 is 26.4 Å². The molecule has 1 aromatic rings. The van der Waals surface area contributed by atoms with Gasteiger partial charge in [0.25, 0.3) is 0 Å². The highest BCUT2D eigenvalue weighted by atomic mass is 32.2. The standard InChI is InChI=1S/C11H16N2O6S2/c1-3-19-11(14)7-20(15,16)13-10-5-4-9(6-8(10)2)21(12,17)18/h4-6,13H,3,7H2,1-2H3,(H2,12,17,18). The van der Waals surface area contributed by atoms with E-state index in [1.54, 1.807) is 6.92 Å². The van der Waals surface area contributed by atoms with Crippen molar-refractivity contribution in [3.05, 3.63) is 23.8 Å². The number of rotatable bonds is 6. The lowest BCUT2D eigenvalue weighted by molar-refractivity contribution is -0.139. The zero-order valence-corrected chi connectivity index (χ0v) is 13.1. The van der Waals surface area contributed by atoms with Gasteiger partial charge in [0.05, 0.1) is 17.2 Å². The molecule has 0 atom stereocenters. The average Bonchev–Trinajstić information content (AvgIpc) is 2.29. The zero-order chi connectivity index (χ0) is 16.3. The number of anilines is 1. The summed E-state index contributed by atoms with van der Waals surface area (Å²) in [5, 5.41) is 4.97. The Morgan fingerprint density at radius 3 is 2.38 bits per heavy atom. The molecule has 8 nitrogen and oxygen atoms in total. The highest BCUT2D eigenvalue weighted by molar-refractivity contribution is 7.93. The molecule has 10 heteroatoms. The second-order valence-electron chi connectivity index (χ2n) is 4.19. The molecule has 0 aromatic heterocycles. The summed E-state index contributed by atoms with van der Waals surface area (Å²) in [7, 11) is -7.80. The molecule has 0 unspecified atom stereocenters. The number of sulfonamides is 2. The lowest BCUT2D eigenvalue weighted by atomic mass is 10.2. The fraction of sp³-hybridized carbons (Fsp3) is 0.364. The average molecular weight is 336 g/mol. The Morgan fingerprint density at radius 2 is 1.90 bits per heavy atom. The van der Waals surface area contributed by atoms with Crippen LogP contribution in [0.1, 0.15) is 12.5 Å². The van der Waals surface area contributed by atoms with Crippen LogP contribution in [0.4, 0.5) is 5.69 Å². The van der Waals surface area contributed by atoms with Gasteiger partial charge in [-0.3, -0.25) is 9.52 Å². The first-order valence-electron chi connectivity index (χ1n) is 5.84. The molecule has 3 N–H and O–H groups in total. The van der Waals surface area contributed by atoms with E-state index in [-0.39, 0.29) is 17.2 Å². The summed E-state index contributed by atoms with van der Waals surface area (Å²) in [4.78, 5) is 11.1. The molecule has 1 rings (SSSR count). The number of carbonyl (C=O) groups is 1. The minimum absolute atomic E-state index is 0.0798. The summed E-state index contributed by atoms with van der Waals surface area (Å²) in [5.74, 6) is -1.69. The molecule has 1 aromatic carbocycles. The number of hydrogen-bond donors (Lipinski definition) is 2. The second-order valence-corrected chi connectivity index (χ2v) is 7.47. The first kappa shape index (κ1) is 17.4. The number of primary sulfonamides is 1. The normalized spacial score (nSPS) is 12.0. The molecule has 0 fully saturated rings. The van der Waals surface area contributed by atoms with Crippen molar-refractivity contribution in [2.45, 2.75) is 18.7 Å². The van der Waals surface area contributed by atoms with Crippen LogP contribution in [0.15, 0.2) is 23.1 Å². The largest absolute Gasteiger partial charge is 0.465 e. The Bertz CT molecular complexity index is 740. The van der Waals surface area contributed by atoms with Gasteiger partial charge < -0.3 is 4.74 Å². The minimum Gasteiger partial charge on any atom is -0.465 e. The van der Waals surface area contributed by atoms with Crippen molar-refractivity contribution in [2.24, 2.45) is 5.14 Å². The lowest BCUT2D eigenvalue weighted by Crippen LogP contribution is -2.24. The highest BCUT2D eigenvalue weighted by Gasteiger charge is 2.19. The molecule has 0 bridgehead atoms. The van der Waals surface area contributed by atoms with Crippen LogP contribution in [-0.2, 0) is 29.6 Å². The van der Waals surface area contributed by atoms with E-state index in [1.807, 2.05) is 0 Å². The van der Waals surface area contributed by atoms with Gasteiger partial charge in [0.2, 0.25) is 20.0 Å². The Morgan fingerprint density at radius 1 is 1.29 bits per heavy atom. The number of esters is 1. The molecule has 0 radical (unpaired) electrons. The van der Waals surface area contributed by atoms with E-state index in [0.717, 1.165) is 0 Å². The van der Waals surface area contributed by atoms with Crippen LogP contribution in [0.3, 0.4) is 0 Å². The maximum atomic E-state index is 11.8. The number of nitrogens with two attached hydrogens (primary N) is 1. The quantitative estimate of drug-likeness (QED) is 0.700. The summed E-state index contributed by atoms with van der Waals surface area (Å²) < 4.78 is 52.6. The SMILES string of the molecule is CCOC(=O)CS(=O)(=O)Nc1ccc(S(N)(=O)=O)cc1C. The number of hydrogen-bond acceptors (Lipinski definition) is 6. The van der Waals surface area contributed by atoms with Gasteiger partial charge in [-0.2, -0.15) is 0 Å². The van der Waals surface area contributed by atoms with Gasteiger partial charge in [-0.25, -0.2) is 22.0 Å². The predicted octanol–water partition coefficient (Wildman–Crippen LogP) is -0.0528. The van der Waals surface area contributed by atoms with Crippen LogP contribution in [0.2, 0.25) is 0 Å². The number of nitrogens with one attached hydrogen (secondary N) is 1. The van der Waals surface area contributed by atoms with Gasteiger partial charge in [0.15, 0.2) is 5.75 Å². The van der Waals surface area contributed by atoms with Crippen molar-refractivity contribution >= 4 is 31.7 Å². The first-order valence-corrected chi connectivity index (χ1v) is 9.04. The zero-order valence-electron chi connectivity index (χ0n) is 11.5. The van der Waals surface area contributed by atoms with Crippen LogP contribution in [0, 0.1) is 6.92 Å². The van der Waals surface area contributed by atoms with Crippen molar-refractivity contribution in [1.29, 1.82) is 0 Å². The lowest BCUT2D eigenvalue weighted by Gasteiger charge is -2.11. The van der Waals surface area contributed by atoms with Crippen molar-refractivity contribution in [2.75, 3.05) is 17.1 Å². The van der Waals surface area contributed by atoms with Crippen LogP contribution in [0.5, 0.6) is 0 Å². The number of benzene rings is 1. The molecule has 0 saturated heterocycles. The Kier molecular flexibility index (Phi) is 5.31. The molecular formula is C11H16N2O6S2. The third-order valence-electron chi connectivity index (χ3n) is 2.41. The Labute approximate surface area is 123 Å². The van der Waals surface area contributed by atoms with Gasteiger partial charge in [-0.1, -0.05) is 0 Å². The van der Waals surface area contributed by atoms with Gasteiger partial charge in [0, 0.05) is 0 Å². The molecule has 0 aliphatic heterocycles. The van der Waals surface area contributed by atoms with Crippen LogP contribution < -0.4 is 9.86 Å². The molecule has 0 spiro atoms. The van der Waals surface area contributed by atoms with E-state index in [4.69, 9.17) is 5.14 Å². The van der Waals surface area contributed by atoms with Crippen molar-refractivity contribution in [3.63, 3.8) is 0 Å². The fourth-order valence-electron chi connectivity index (χ4n) is 1.49. The van der Waals surface area contributed by atoms with E-state index >= 15 is 0 Å². The van der Waals surface area contributed by atoms with Crippen LogP contribution >= 0.6 is 0 Å². The number of ether oxygens (including phenoxy) is 1. The van der Waals surface area contributed by atoms with Crippen molar-refractivity contribution in [1.82, 2.24) is 0 Å². The maximum Gasteiger partial charge on any atom is 0.323 e. The van der Waals surface area contributed by atoms with Crippen LogP contribution in [0.25, 0.3) is 0 Å². The maximum absolute atomic E-state index is 11.8.